The van der Waals surface area contributed by atoms with E-state index >= 15 is 0 Å². The van der Waals surface area contributed by atoms with Crippen LogP contribution in [0, 0.1) is 0 Å². The molecule has 3 aromatic carbocycles. The third-order valence-corrected chi connectivity index (χ3v) is 4.96. The minimum absolute atomic E-state index is 0.287. The number of ether oxygens (including phenoxy) is 2. The molecule has 3 rings (SSSR count). The van der Waals surface area contributed by atoms with E-state index < -0.39 is 12.0 Å². The molecule has 0 fully saturated rings. The lowest BCUT2D eigenvalue weighted by atomic mass is 10.0. The molecular weight excluding hydrogens is 446 g/mol. The van der Waals surface area contributed by atoms with Gasteiger partial charge in [-0.3, -0.25) is 4.79 Å². The maximum absolute atomic E-state index is 12.6. The van der Waals surface area contributed by atoms with Crippen molar-refractivity contribution >= 4 is 27.8 Å². The molecule has 0 unspecified atom stereocenters. The van der Waals surface area contributed by atoms with Crippen LogP contribution in [0.25, 0.3) is 0 Å². The van der Waals surface area contributed by atoms with Gasteiger partial charge in [-0.25, -0.2) is 4.79 Å². The van der Waals surface area contributed by atoms with Crippen molar-refractivity contribution in [1.29, 1.82) is 0 Å². The van der Waals surface area contributed by atoms with Crippen LogP contribution in [-0.2, 0) is 22.6 Å². The number of carbonyl (C=O) groups is 2. The average Bonchev–Trinajstić information content (AvgIpc) is 2.77. The van der Waals surface area contributed by atoms with Gasteiger partial charge in [-0.15, -0.1) is 0 Å². The van der Waals surface area contributed by atoms with E-state index in [1.807, 2.05) is 60.7 Å². The van der Waals surface area contributed by atoms with Crippen molar-refractivity contribution in [2.24, 2.45) is 0 Å². The molecule has 0 bridgehead atoms. The van der Waals surface area contributed by atoms with Crippen LogP contribution >= 0.6 is 15.9 Å². The maximum atomic E-state index is 12.6. The first kappa shape index (κ1) is 21.6. The third-order valence-electron chi connectivity index (χ3n) is 4.46. The Kier molecular flexibility index (Phi) is 7.63. The van der Waals surface area contributed by atoms with Crippen molar-refractivity contribution in [3.05, 3.63) is 100 Å². The van der Waals surface area contributed by atoms with Gasteiger partial charge >= 0.3 is 5.97 Å². The molecule has 1 amide bonds. The maximum Gasteiger partial charge on any atom is 0.328 e. The third kappa shape index (κ3) is 6.19. The van der Waals surface area contributed by atoms with Crippen LogP contribution in [-0.4, -0.2) is 25.0 Å². The lowest BCUT2D eigenvalue weighted by Crippen LogP contribution is -2.43. The Balaban J connectivity index is 1.68. The number of methoxy groups -OCH3 is 1. The molecule has 154 valence electrons. The van der Waals surface area contributed by atoms with Crippen LogP contribution in [0.1, 0.15) is 21.5 Å². The fraction of sp³-hybridized carbons (Fsp3) is 0.167. The minimum Gasteiger partial charge on any atom is -0.489 e. The first-order valence-corrected chi connectivity index (χ1v) is 10.2. The molecule has 0 aromatic heterocycles. The molecule has 0 radical (unpaired) electrons. The van der Waals surface area contributed by atoms with E-state index in [0.29, 0.717) is 17.9 Å². The molecule has 0 saturated heterocycles. The quantitative estimate of drug-likeness (QED) is 0.493. The molecule has 30 heavy (non-hydrogen) atoms. The Morgan fingerprint density at radius 1 is 0.933 bits per heavy atom. The SMILES string of the molecule is COC(=O)[C@H](Cc1cccc(OCc2ccccc2)c1)NC(=O)c1cccc(Br)c1. The molecular formula is C24H22BrNO4. The molecule has 0 saturated carbocycles. The van der Waals surface area contributed by atoms with Gasteiger partial charge < -0.3 is 14.8 Å². The number of benzene rings is 3. The van der Waals surface area contributed by atoms with Gasteiger partial charge in [-0.05, 0) is 41.5 Å². The highest BCUT2D eigenvalue weighted by molar-refractivity contribution is 9.10. The molecule has 1 N–H and O–H groups in total. The predicted octanol–water partition coefficient (Wildman–Crippen LogP) is 4.54. The second-order valence-electron chi connectivity index (χ2n) is 6.69. The van der Waals surface area contributed by atoms with E-state index in [4.69, 9.17) is 9.47 Å². The fourth-order valence-corrected chi connectivity index (χ4v) is 3.34. The van der Waals surface area contributed by atoms with E-state index in [0.717, 1.165) is 15.6 Å². The van der Waals surface area contributed by atoms with Crippen molar-refractivity contribution in [2.45, 2.75) is 19.1 Å². The summed E-state index contributed by atoms with van der Waals surface area (Å²) in [7, 11) is 1.31. The van der Waals surface area contributed by atoms with Crippen LogP contribution < -0.4 is 10.1 Å². The van der Waals surface area contributed by atoms with Crippen LogP contribution in [0.2, 0.25) is 0 Å². The zero-order chi connectivity index (χ0) is 21.3. The summed E-state index contributed by atoms with van der Waals surface area (Å²) in [6.07, 6.45) is 0.287. The number of hydrogen-bond donors (Lipinski definition) is 1. The predicted molar refractivity (Wildman–Crippen MR) is 118 cm³/mol. The number of halogens is 1. The summed E-state index contributed by atoms with van der Waals surface area (Å²) in [6.45, 7) is 0.449. The largest absolute Gasteiger partial charge is 0.489 e. The normalized spacial score (nSPS) is 11.4. The topological polar surface area (TPSA) is 64.6 Å². The molecule has 0 aliphatic heterocycles. The first-order chi connectivity index (χ1) is 14.5. The Morgan fingerprint density at radius 3 is 2.40 bits per heavy atom. The number of nitrogens with one attached hydrogen (secondary N) is 1. The molecule has 0 aliphatic rings. The Hall–Kier alpha value is -3.12. The summed E-state index contributed by atoms with van der Waals surface area (Å²) < 4.78 is 11.5. The fourth-order valence-electron chi connectivity index (χ4n) is 2.95. The summed E-state index contributed by atoms with van der Waals surface area (Å²) >= 11 is 3.35. The number of hydrogen-bond acceptors (Lipinski definition) is 4. The van der Waals surface area contributed by atoms with Gasteiger partial charge in [0.15, 0.2) is 0 Å². The highest BCUT2D eigenvalue weighted by Gasteiger charge is 2.23. The van der Waals surface area contributed by atoms with Gasteiger partial charge in [0, 0.05) is 16.5 Å². The van der Waals surface area contributed by atoms with Gasteiger partial charge in [-0.1, -0.05) is 64.5 Å². The summed E-state index contributed by atoms with van der Waals surface area (Å²) in [4.78, 5) is 24.8. The van der Waals surface area contributed by atoms with E-state index in [2.05, 4.69) is 21.2 Å². The highest BCUT2D eigenvalue weighted by atomic mass is 79.9. The molecule has 6 heteroatoms. The van der Waals surface area contributed by atoms with Crippen molar-refractivity contribution < 1.29 is 19.1 Å². The summed E-state index contributed by atoms with van der Waals surface area (Å²) in [5.74, 6) is -0.157. The van der Waals surface area contributed by atoms with Gasteiger partial charge in [-0.2, -0.15) is 0 Å². The molecule has 5 nitrogen and oxygen atoms in total. The molecule has 0 aliphatic carbocycles. The first-order valence-electron chi connectivity index (χ1n) is 9.45. The number of carbonyl (C=O) groups excluding carboxylic acids is 2. The lowest BCUT2D eigenvalue weighted by molar-refractivity contribution is -0.142. The Morgan fingerprint density at radius 2 is 1.67 bits per heavy atom. The van der Waals surface area contributed by atoms with Crippen LogP contribution in [0.5, 0.6) is 5.75 Å². The standard InChI is InChI=1S/C24H22BrNO4/c1-29-24(28)22(26-23(27)19-10-6-11-20(25)15-19)14-18-9-5-12-21(13-18)30-16-17-7-3-2-4-8-17/h2-13,15,22H,14,16H2,1H3,(H,26,27)/t22-/m0/s1. The highest BCUT2D eigenvalue weighted by Crippen LogP contribution is 2.17. The van der Waals surface area contributed by atoms with Crippen LogP contribution in [0.4, 0.5) is 0 Å². The van der Waals surface area contributed by atoms with Crippen molar-refractivity contribution in [1.82, 2.24) is 5.32 Å². The summed E-state index contributed by atoms with van der Waals surface area (Å²) in [6, 6.07) is 23.5. The van der Waals surface area contributed by atoms with Crippen LogP contribution in [0.3, 0.4) is 0 Å². The molecule has 3 aromatic rings. The summed E-state index contributed by atoms with van der Waals surface area (Å²) in [5, 5.41) is 2.76. The van der Waals surface area contributed by atoms with Gasteiger partial charge in [0.1, 0.15) is 18.4 Å². The minimum atomic E-state index is -0.814. The van der Waals surface area contributed by atoms with E-state index in [1.165, 1.54) is 7.11 Å². The van der Waals surface area contributed by atoms with Gasteiger partial charge in [0.2, 0.25) is 0 Å². The average molecular weight is 468 g/mol. The van der Waals surface area contributed by atoms with Crippen molar-refractivity contribution in [2.75, 3.05) is 7.11 Å². The lowest BCUT2D eigenvalue weighted by Gasteiger charge is -2.17. The number of amides is 1. The number of rotatable bonds is 8. The van der Waals surface area contributed by atoms with Gasteiger partial charge in [0.05, 0.1) is 7.11 Å². The molecule has 0 heterocycles. The Bertz CT molecular complexity index is 1010. The second-order valence-corrected chi connectivity index (χ2v) is 7.60. The zero-order valence-electron chi connectivity index (χ0n) is 16.5. The van der Waals surface area contributed by atoms with E-state index in [9.17, 15) is 9.59 Å². The number of esters is 1. The molecule has 0 spiro atoms. The van der Waals surface area contributed by atoms with Crippen molar-refractivity contribution in [3.63, 3.8) is 0 Å². The van der Waals surface area contributed by atoms with Crippen LogP contribution in [0.15, 0.2) is 83.3 Å². The van der Waals surface area contributed by atoms with Gasteiger partial charge in [0.25, 0.3) is 5.91 Å². The molecule has 1 atom stereocenters. The van der Waals surface area contributed by atoms with E-state index in [-0.39, 0.29) is 12.3 Å². The monoisotopic (exact) mass is 467 g/mol. The second kappa shape index (κ2) is 10.6. The van der Waals surface area contributed by atoms with Crippen molar-refractivity contribution in [3.8, 4) is 5.75 Å². The Labute approximate surface area is 184 Å². The zero-order valence-corrected chi connectivity index (χ0v) is 18.1. The summed E-state index contributed by atoms with van der Waals surface area (Å²) in [5.41, 5.74) is 2.38. The van der Waals surface area contributed by atoms with E-state index in [1.54, 1.807) is 18.2 Å². The smallest absolute Gasteiger partial charge is 0.328 e.